The molecular formula is C20H23Cl2F6N3O5S2. The molecule has 0 unspecified atom stereocenters. The topological polar surface area (TPSA) is 135 Å². The van der Waals surface area contributed by atoms with Crippen molar-refractivity contribution in [2.75, 3.05) is 0 Å². The fraction of sp³-hybridized carbons (Fsp3) is 0.350. The van der Waals surface area contributed by atoms with Gasteiger partial charge in [0, 0.05) is 5.54 Å². The van der Waals surface area contributed by atoms with E-state index in [2.05, 4.69) is 5.32 Å². The Labute approximate surface area is 225 Å². The number of benzene rings is 2. The van der Waals surface area contributed by atoms with Crippen molar-refractivity contribution in [3.05, 3.63) is 57.6 Å². The van der Waals surface area contributed by atoms with Crippen LogP contribution in [-0.4, -0.2) is 28.4 Å². The van der Waals surface area contributed by atoms with Crippen LogP contribution in [0.25, 0.3) is 0 Å². The standard InChI is InChI=1S/C12H14ClF3N2O3S.C7H5ClF3NO2S.CH4/c1-11(2,3)17-10(19)18-22(20,21)9-6-7(12(14,15)16)4-5-8(9)13;8-5-2-1-4(7(9,10)11)3-6(5)15(12,13)14;/h4-6H,1-3H3,(H2,17,18,19);1-3H,(H2,12,13,14);1H4. The number of sulfonamides is 2. The van der Waals surface area contributed by atoms with E-state index >= 15 is 0 Å². The highest BCUT2D eigenvalue weighted by atomic mass is 35.5. The summed E-state index contributed by atoms with van der Waals surface area (Å²) in [5, 5.41) is 6.24. The highest BCUT2D eigenvalue weighted by Gasteiger charge is 2.34. The molecule has 0 bridgehead atoms. The Balaban J connectivity index is 0.000000750. The van der Waals surface area contributed by atoms with Gasteiger partial charge in [0.2, 0.25) is 10.0 Å². The molecule has 0 fully saturated rings. The van der Waals surface area contributed by atoms with Crippen LogP contribution in [0.2, 0.25) is 10.0 Å². The van der Waals surface area contributed by atoms with Gasteiger partial charge in [-0.1, -0.05) is 30.6 Å². The molecule has 0 aliphatic heterocycles. The minimum absolute atomic E-state index is 0. The predicted octanol–water partition coefficient (Wildman–Crippen LogP) is 5.79. The van der Waals surface area contributed by atoms with Gasteiger partial charge in [-0.05, 0) is 57.2 Å². The Morgan fingerprint density at radius 3 is 1.50 bits per heavy atom. The van der Waals surface area contributed by atoms with Crippen molar-refractivity contribution in [3.63, 3.8) is 0 Å². The minimum Gasteiger partial charge on any atom is -0.333 e. The minimum atomic E-state index is -4.73. The summed E-state index contributed by atoms with van der Waals surface area (Å²) in [6, 6.07) is 2.67. The number of nitrogens with two attached hydrogens (primary N) is 1. The SMILES string of the molecule is C.CC(C)(C)NC(=O)NS(=O)(=O)c1cc(C(F)(F)F)ccc1Cl.NS(=O)(=O)c1cc(C(F)(F)F)ccc1Cl. The lowest BCUT2D eigenvalue weighted by atomic mass is 10.1. The van der Waals surface area contributed by atoms with E-state index in [9.17, 15) is 48.0 Å². The molecule has 0 heterocycles. The van der Waals surface area contributed by atoms with E-state index in [1.165, 1.54) is 0 Å². The molecule has 0 saturated carbocycles. The number of alkyl halides is 6. The summed E-state index contributed by atoms with van der Waals surface area (Å²) in [5.41, 5.74) is -3.03. The van der Waals surface area contributed by atoms with E-state index < -0.39 is 69.9 Å². The van der Waals surface area contributed by atoms with E-state index in [0.29, 0.717) is 24.3 Å². The molecule has 0 aromatic heterocycles. The van der Waals surface area contributed by atoms with Crippen LogP contribution in [0.1, 0.15) is 39.3 Å². The largest absolute Gasteiger partial charge is 0.416 e. The number of amides is 2. The van der Waals surface area contributed by atoms with Crippen LogP contribution in [0.4, 0.5) is 31.1 Å². The number of carbonyl (C=O) groups is 1. The van der Waals surface area contributed by atoms with Crippen LogP contribution < -0.4 is 15.2 Å². The predicted molar refractivity (Wildman–Crippen MR) is 130 cm³/mol. The summed E-state index contributed by atoms with van der Waals surface area (Å²) in [6.07, 6.45) is -9.37. The Bertz CT molecular complexity index is 1370. The van der Waals surface area contributed by atoms with E-state index in [-0.39, 0.29) is 12.4 Å². The highest BCUT2D eigenvalue weighted by molar-refractivity contribution is 7.90. The lowest BCUT2D eigenvalue weighted by Crippen LogP contribution is -2.48. The highest BCUT2D eigenvalue weighted by Crippen LogP contribution is 2.34. The van der Waals surface area contributed by atoms with Gasteiger partial charge in [0.15, 0.2) is 0 Å². The zero-order valence-electron chi connectivity index (χ0n) is 18.9. The molecule has 0 radical (unpaired) electrons. The van der Waals surface area contributed by atoms with Gasteiger partial charge in [-0.15, -0.1) is 0 Å². The maximum absolute atomic E-state index is 12.6. The summed E-state index contributed by atoms with van der Waals surface area (Å²) in [7, 11) is -8.79. The molecule has 0 saturated heterocycles. The molecule has 0 atom stereocenters. The normalized spacial score (nSPS) is 12.5. The Hall–Kier alpha value is -2.27. The molecule has 38 heavy (non-hydrogen) atoms. The fourth-order valence-electron chi connectivity index (χ4n) is 2.33. The molecule has 0 aliphatic rings. The number of nitrogens with one attached hydrogen (secondary N) is 2. The van der Waals surface area contributed by atoms with Crippen molar-refractivity contribution in [1.82, 2.24) is 10.0 Å². The Morgan fingerprint density at radius 1 is 0.789 bits per heavy atom. The van der Waals surface area contributed by atoms with Crippen LogP contribution in [0.5, 0.6) is 0 Å². The first-order valence-corrected chi connectivity index (χ1v) is 13.2. The third-order valence-electron chi connectivity index (χ3n) is 3.83. The monoisotopic (exact) mass is 633 g/mol. The lowest BCUT2D eigenvalue weighted by molar-refractivity contribution is -0.138. The first kappa shape index (κ1) is 35.7. The van der Waals surface area contributed by atoms with Gasteiger partial charge >= 0.3 is 18.4 Å². The van der Waals surface area contributed by atoms with Crippen LogP contribution in [0.3, 0.4) is 0 Å². The van der Waals surface area contributed by atoms with Crippen molar-refractivity contribution in [3.8, 4) is 0 Å². The Morgan fingerprint density at radius 2 is 1.16 bits per heavy atom. The van der Waals surface area contributed by atoms with Gasteiger partial charge in [-0.3, -0.25) is 0 Å². The van der Waals surface area contributed by atoms with Crippen molar-refractivity contribution in [2.24, 2.45) is 5.14 Å². The zero-order chi connectivity index (χ0) is 29.2. The van der Waals surface area contributed by atoms with E-state index in [0.717, 1.165) is 12.1 Å². The van der Waals surface area contributed by atoms with Crippen LogP contribution >= 0.6 is 23.2 Å². The average Bonchev–Trinajstić information content (AvgIpc) is 2.64. The molecule has 2 amide bonds. The Kier molecular flexibility index (Phi) is 11.5. The summed E-state index contributed by atoms with van der Waals surface area (Å²) in [5.74, 6) is 0. The number of hydrogen-bond acceptors (Lipinski definition) is 5. The van der Waals surface area contributed by atoms with E-state index in [1.807, 2.05) is 0 Å². The second-order valence-corrected chi connectivity index (χ2v) is 12.1. The van der Waals surface area contributed by atoms with Crippen LogP contribution in [-0.2, 0) is 32.4 Å². The maximum atomic E-state index is 12.6. The number of urea groups is 1. The molecule has 2 aromatic carbocycles. The first-order chi connectivity index (χ1) is 16.3. The lowest BCUT2D eigenvalue weighted by Gasteiger charge is -2.21. The van der Waals surface area contributed by atoms with Crippen molar-refractivity contribution in [1.29, 1.82) is 0 Å². The fourth-order valence-corrected chi connectivity index (χ4v) is 4.83. The quantitative estimate of drug-likeness (QED) is 0.368. The average molecular weight is 634 g/mol. The summed E-state index contributed by atoms with van der Waals surface area (Å²) in [6.45, 7) is 4.82. The third kappa shape index (κ3) is 10.8. The van der Waals surface area contributed by atoms with Gasteiger partial charge in [0.05, 0.1) is 21.2 Å². The molecule has 2 rings (SSSR count). The number of carbonyl (C=O) groups excluding carboxylic acids is 1. The third-order valence-corrected chi connectivity index (χ3v) is 7.03. The molecule has 216 valence electrons. The zero-order valence-corrected chi connectivity index (χ0v) is 22.1. The van der Waals surface area contributed by atoms with Crippen molar-refractivity contribution >= 4 is 49.3 Å². The molecule has 8 nitrogen and oxygen atoms in total. The summed E-state index contributed by atoms with van der Waals surface area (Å²) >= 11 is 11.0. The van der Waals surface area contributed by atoms with Crippen LogP contribution in [0, 0.1) is 0 Å². The van der Waals surface area contributed by atoms with Gasteiger partial charge < -0.3 is 5.32 Å². The smallest absolute Gasteiger partial charge is 0.333 e. The second-order valence-electron chi connectivity index (χ2n) is 8.14. The van der Waals surface area contributed by atoms with Crippen LogP contribution in [0.15, 0.2) is 46.2 Å². The van der Waals surface area contributed by atoms with Crippen molar-refractivity contribution < 1.29 is 48.0 Å². The van der Waals surface area contributed by atoms with Gasteiger partial charge in [0.25, 0.3) is 10.0 Å². The van der Waals surface area contributed by atoms with E-state index in [1.54, 1.807) is 25.5 Å². The summed E-state index contributed by atoms with van der Waals surface area (Å²) < 4.78 is 122. The molecule has 2 aromatic rings. The maximum Gasteiger partial charge on any atom is 0.416 e. The number of primary sulfonamides is 1. The number of rotatable bonds is 3. The molecule has 0 spiro atoms. The number of hydrogen-bond donors (Lipinski definition) is 3. The molecular weight excluding hydrogens is 611 g/mol. The number of halogens is 8. The summed E-state index contributed by atoms with van der Waals surface area (Å²) in [4.78, 5) is 10.0. The first-order valence-electron chi connectivity index (χ1n) is 9.46. The second kappa shape index (κ2) is 12.3. The van der Waals surface area contributed by atoms with Gasteiger partial charge in [-0.2, -0.15) is 26.3 Å². The molecule has 0 aliphatic carbocycles. The van der Waals surface area contributed by atoms with Crippen molar-refractivity contribution in [2.45, 2.75) is 55.9 Å². The van der Waals surface area contributed by atoms with Gasteiger partial charge in [0.1, 0.15) is 9.79 Å². The van der Waals surface area contributed by atoms with Gasteiger partial charge in [-0.25, -0.2) is 31.5 Å². The molecule has 18 heteroatoms. The van der Waals surface area contributed by atoms with E-state index in [4.69, 9.17) is 28.3 Å². The molecule has 4 N–H and O–H groups in total.